The number of benzene rings is 1. The van der Waals surface area contributed by atoms with Gasteiger partial charge in [0.1, 0.15) is 6.04 Å². The third-order valence-corrected chi connectivity index (χ3v) is 3.82. The molecule has 3 nitrogen and oxygen atoms in total. The van der Waals surface area contributed by atoms with E-state index in [2.05, 4.69) is 17.2 Å². The Kier molecular flexibility index (Phi) is 5.38. The molecule has 132 valence electrons. The molecule has 0 fully saturated rings. The van der Waals surface area contributed by atoms with Gasteiger partial charge in [-0.1, -0.05) is 31.2 Å². The number of nitrogens with one attached hydrogen (secondary N) is 1. The van der Waals surface area contributed by atoms with Crippen LogP contribution in [0.1, 0.15) is 39.3 Å². The molecule has 0 saturated heterocycles. The van der Waals surface area contributed by atoms with Crippen molar-refractivity contribution < 1.29 is 13.2 Å². The van der Waals surface area contributed by atoms with Crippen LogP contribution in [-0.2, 0) is 6.42 Å². The van der Waals surface area contributed by atoms with Crippen molar-refractivity contribution >= 4 is 0 Å². The lowest BCUT2D eigenvalue weighted by atomic mass is 10.1. The predicted molar refractivity (Wildman–Crippen MR) is 89.9 cm³/mol. The van der Waals surface area contributed by atoms with Gasteiger partial charge in [-0.2, -0.15) is 13.2 Å². The van der Waals surface area contributed by atoms with Gasteiger partial charge in [-0.25, -0.2) is 4.98 Å². The van der Waals surface area contributed by atoms with Crippen LogP contribution in [0, 0.1) is 0 Å². The molecule has 1 N–H and O–H groups in total. The molecule has 1 aromatic carbocycles. The maximum absolute atomic E-state index is 13.4. The van der Waals surface area contributed by atoms with E-state index >= 15 is 0 Å². The minimum absolute atomic E-state index is 0.197. The molecular formula is C18H24F3N3. The monoisotopic (exact) mass is 339 g/mol. The van der Waals surface area contributed by atoms with Crippen molar-refractivity contribution in [2.75, 3.05) is 6.54 Å². The number of hydrogen-bond donors (Lipinski definition) is 1. The fraction of sp³-hybridized carbons (Fsp3) is 0.500. The van der Waals surface area contributed by atoms with Crippen molar-refractivity contribution in [1.29, 1.82) is 0 Å². The molecule has 0 radical (unpaired) electrons. The van der Waals surface area contributed by atoms with E-state index in [1.165, 1.54) is 18.1 Å². The van der Waals surface area contributed by atoms with Crippen molar-refractivity contribution in [1.82, 2.24) is 14.9 Å². The van der Waals surface area contributed by atoms with Crippen molar-refractivity contribution in [3.8, 4) is 11.3 Å². The number of hydrogen-bond acceptors (Lipinski definition) is 2. The summed E-state index contributed by atoms with van der Waals surface area (Å²) >= 11 is 0. The molecule has 1 aromatic heterocycles. The maximum atomic E-state index is 13.4. The fourth-order valence-electron chi connectivity index (χ4n) is 2.36. The molecule has 0 amide bonds. The second kappa shape index (κ2) is 6.97. The van der Waals surface area contributed by atoms with Gasteiger partial charge in [-0.3, -0.25) is 0 Å². The van der Waals surface area contributed by atoms with E-state index < -0.39 is 12.2 Å². The van der Waals surface area contributed by atoms with Gasteiger partial charge in [0, 0.05) is 23.8 Å². The van der Waals surface area contributed by atoms with Gasteiger partial charge in [0.15, 0.2) is 0 Å². The van der Waals surface area contributed by atoms with E-state index in [1.54, 1.807) is 0 Å². The second-order valence-electron chi connectivity index (χ2n) is 6.94. The van der Waals surface area contributed by atoms with Crippen LogP contribution in [0.2, 0.25) is 0 Å². The molecule has 2 rings (SSSR count). The van der Waals surface area contributed by atoms with Crippen molar-refractivity contribution in [2.45, 2.75) is 51.9 Å². The molecule has 0 bridgehead atoms. The first-order valence-corrected chi connectivity index (χ1v) is 8.04. The number of alkyl halides is 3. The van der Waals surface area contributed by atoms with E-state index in [4.69, 9.17) is 0 Å². The van der Waals surface area contributed by atoms with Crippen LogP contribution < -0.4 is 5.32 Å². The molecular weight excluding hydrogens is 315 g/mol. The summed E-state index contributed by atoms with van der Waals surface area (Å²) in [6.45, 7) is 7.39. The Morgan fingerprint density at radius 3 is 2.25 bits per heavy atom. The first-order valence-electron chi connectivity index (χ1n) is 8.04. The van der Waals surface area contributed by atoms with Crippen LogP contribution in [0.3, 0.4) is 0 Å². The van der Waals surface area contributed by atoms with Crippen LogP contribution in [0.5, 0.6) is 0 Å². The minimum Gasteiger partial charge on any atom is -0.323 e. The van der Waals surface area contributed by atoms with Crippen LogP contribution >= 0.6 is 0 Å². The van der Waals surface area contributed by atoms with Crippen LogP contribution in [0.25, 0.3) is 11.3 Å². The molecule has 0 spiro atoms. The molecule has 24 heavy (non-hydrogen) atoms. The van der Waals surface area contributed by atoms with Gasteiger partial charge in [0.2, 0.25) is 0 Å². The topological polar surface area (TPSA) is 29.9 Å². The zero-order valence-corrected chi connectivity index (χ0v) is 14.5. The Hall–Kier alpha value is -1.82. The van der Waals surface area contributed by atoms with Crippen molar-refractivity contribution in [3.05, 3.63) is 42.4 Å². The number of rotatable bonds is 5. The molecule has 0 aliphatic rings. The summed E-state index contributed by atoms with van der Waals surface area (Å²) in [4.78, 5) is 4.16. The zero-order chi connectivity index (χ0) is 18.0. The quantitative estimate of drug-likeness (QED) is 0.862. The third-order valence-electron chi connectivity index (χ3n) is 3.82. The van der Waals surface area contributed by atoms with Gasteiger partial charge < -0.3 is 9.88 Å². The summed E-state index contributed by atoms with van der Waals surface area (Å²) in [7, 11) is 0. The average molecular weight is 339 g/mol. The molecule has 0 saturated carbocycles. The van der Waals surface area contributed by atoms with Gasteiger partial charge in [-0.15, -0.1) is 0 Å². The van der Waals surface area contributed by atoms with Gasteiger partial charge in [0.05, 0.1) is 12.0 Å². The highest BCUT2D eigenvalue weighted by atomic mass is 19.4. The molecule has 0 unspecified atom stereocenters. The molecule has 6 heteroatoms. The highest BCUT2D eigenvalue weighted by Gasteiger charge is 2.41. The summed E-state index contributed by atoms with van der Waals surface area (Å²) in [6.07, 6.45) is -0.708. The van der Waals surface area contributed by atoms with E-state index in [0.29, 0.717) is 5.69 Å². The maximum Gasteiger partial charge on any atom is 0.410 e. The van der Waals surface area contributed by atoms with Gasteiger partial charge in [0.25, 0.3) is 0 Å². The van der Waals surface area contributed by atoms with Crippen LogP contribution in [0.15, 0.2) is 36.8 Å². The number of imidazole rings is 1. The zero-order valence-electron chi connectivity index (χ0n) is 14.5. The van der Waals surface area contributed by atoms with Crippen LogP contribution in [-0.4, -0.2) is 27.8 Å². The predicted octanol–water partition coefficient (Wildman–Crippen LogP) is 4.60. The number of aryl methyl sites for hydroxylation is 1. The first kappa shape index (κ1) is 18.5. The summed E-state index contributed by atoms with van der Waals surface area (Å²) in [5.41, 5.74) is 2.15. The molecule has 2 aromatic rings. The fourth-order valence-corrected chi connectivity index (χ4v) is 2.36. The van der Waals surface area contributed by atoms with E-state index in [1.807, 2.05) is 45.0 Å². The van der Waals surface area contributed by atoms with Crippen LogP contribution in [0.4, 0.5) is 13.2 Å². The highest BCUT2D eigenvalue weighted by Crippen LogP contribution is 2.31. The third kappa shape index (κ3) is 4.84. The molecule has 0 aliphatic heterocycles. The van der Waals surface area contributed by atoms with Crippen molar-refractivity contribution in [2.24, 2.45) is 0 Å². The van der Waals surface area contributed by atoms with Crippen molar-refractivity contribution in [3.63, 3.8) is 0 Å². The van der Waals surface area contributed by atoms with E-state index in [9.17, 15) is 13.2 Å². The molecule has 0 aliphatic carbocycles. The summed E-state index contributed by atoms with van der Waals surface area (Å²) in [5, 5.41) is 2.92. The lowest BCUT2D eigenvalue weighted by Gasteiger charge is -2.27. The Bertz CT molecular complexity index is 651. The Morgan fingerprint density at radius 2 is 1.75 bits per heavy atom. The lowest BCUT2D eigenvalue weighted by Crippen LogP contribution is -2.43. The normalized spacial score (nSPS) is 14.0. The standard InChI is InChI=1S/C18H24F3N3/c1-5-13-6-8-14(9-7-13)15-11-24(12-22-15)16(18(19,20)21)10-23-17(2,3)4/h6-9,11-12,16,23H,5,10H2,1-4H3/t16-/m0/s1. The van der Waals surface area contributed by atoms with Gasteiger partial charge >= 0.3 is 6.18 Å². The molecule has 1 heterocycles. The number of halogens is 3. The number of nitrogens with zero attached hydrogens (tertiary/aromatic N) is 2. The Labute approximate surface area is 140 Å². The Morgan fingerprint density at radius 1 is 1.12 bits per heavy atom. The first-order chi connectivity index (χ1) is 11.1. The minimum atomic E-state index is -4.34. The summed E-state index contributed by atoms with van der Waals surface area (Å²) < 4.78 is 41.3. The SMILES string of the molecule is CCc1ccc(-c2cn([C@@H](CNC(C)(C)C)C(F)(F)F)cn2)cc1. The summed E-state index contributed by atoms with van der Waals surface area (Å²) in [6, 6.07) is 6.07. The lowest BCUT2D eigenvalue weighted by molar-refractivity contribution is -0.167. The van der Waals surface area contributed by atoms with Gasteiger partial charge in [-0.05, 0) is 32.8 Å². The Balaban J connectivity index is 2.23. The highest BCUT2D eigenvalue weighted by molar-refractivity contribution is 5.58. The smallest absolute Gasteiger partial charge is 0.323 e. The molecule has 1 atom stereocenters. The second-order valence-corrected chi connectivity index (χ2v) is 6.94. The summed E-state index contributed by atoms with van der Waals surface area (Å²) in [5.74, 6) is 0. The largest absolute Gasteiger partial charge is 0.410 e. The average Bonchev–Trinajstić information content (AvgIpc) is 2.94. The van der Waals surface area contributed by atoms with E-state index in [0.717, 1.165) is 16.6 Å². The number of aromatic nitrogens is 2. The van der Waals surface area contributed by atoms with E-state index in [-0.39, 0.29) is 12.1 Å².